The Morgan fingerprint density at radius 3 is 2.42 bits per heavy atom. The lowest BCUT2D eigenvalue weighted by atomic mass is 10.1. The van der Waals surface area contributed by atoms with Crippen LogP contribution in [0.3, 0.4) is 0 Å². The van der Waals surface area contributed by atoms with Gasteiger partial charge >= 0.3 is 0 Å². The molecule has 5 aromatic rings. The van der Waals surface area contributed by atoms with Gasteiger partial charge in [-0.2, -0.15) is 0 Å². The fourth-order valence-corrected chi connectivity index (χ4v) is 3.45. The van der Waals surface area contributed by atoms with Gasteiger partial charge in [-0.15, -0.1) is 0 Å². The molecule has 26 heavy (non-hydrogen) atoms. The summed E-state index contributed by atoms with van der Waals surface area (Å²) in [4.78, 5) is 8.95. The third-order valence-corrected chi connectivity index (χ3v) is 4.61. The summed E-state index contributed by atoms with van der Waals surface area (Å²) in [5.74, 6) is 0.214. The predicted molar refractivity (Wildman–Crippen MR) is 103 cm³/mol. The topological polar surface area (TPSA) is 50.9 Å². The summed E-state index contributed by atoms with van der Waals surface area (Å²) in [7, 11) is 0. The van der Waals surface area contributed by atoms with Gasteiger partial charge in [0.05, 0.1) is 22.2 Å². The Bertz CT molecular complexity index is 1190. The molecule has 5 rings (SSSR count). The maximum Gasteiger partial charge on any atom is 0.125 e. The van der Waals surface area contributed by atoms with E-state index in [4.69, 9.17) is 0 Å². The van der Waals surface area contributed by atoms with Crippen LogP contribution in [0.25, 0.3) is 38.9 Å². The number of phenols is 1. The second-order valence-corrected chi connectivity index (χ2v) is 6.14. The number of phenolic OH excluding ortho intramolecular Hbond substituents is 1. The Labute approximate surface area is 150 Å². The van der Waals surface area contributed by atoms with E-state index in [1.54, 1.807) is 12.3 Å². The second-order valence-electron chi connectivity index (χ2n) is 6.14. The molecule has 3 aromatic heterocycles. The van der Waals surface area contributed by atoms with Gasteiger partial charge in [0.2, 0.25) is 0 Å². The Hall–Kier alpha value is -3.66. The molecule has 4 heteroatoms. The van der Waals surface area contributed by atoms with E-state index in [0.717, 1.165) is 33.3 Å². The van der Waals surface area contributed by atoms with E-state index in [1.807, 2.05) is 54.7 Å². The molecule has 0 saturated heterocycles. The molecule has 0 fully saturated rings. The molecular formula is C22H15N3O. The average Bonchev–Trinajstić information content (AvgIpc) is 3.04. The maximum absolute atomic E-state index is 10.4. The Morgan fingerprint density at radius 1 is 0.731 bits per heavy atom. The van der Waals surface area contributed by atoms with Crippen molar-refractivity contribution in [3.05, 3.63) is 85.2 Å². The van der Waals surface area contributed by atoms with Crippen LogP contribution in [0.15, 0.2) is 85.2 Å². The molecule has 3 heterocycles. The van der Waals surface area contributed by atoms with Gasteiger partial charge in [0, 0.05) is 29.0 Å². The number of para-hydroxylation sites is 1. The third-order valence-electron chi connectivity index (χ3n) is 4.61. The molecule has 0 radical (unpaired) electrons. The highest BCUT2D eigenvalue weighted by molar-refractivity contribution is 6.07. The quantitative estimate of drug-likeness (QED) is 0.496. The van der Waals surface area contributed by atoms with Crippen LogP contribution in [-0.2, 0) is 0 Å². The van der Waals surface area contributed by atoms with Crippen molar-refractivity contribution >= 4 is 21.9 Å². The Morgan fingerprint density at radius 2 is 1.54 bits per heavy atom. The molecule has 0 amide bonds. The highest BCUT2D eigenvalue weighted by atomic mass is 16.3. The summed E-state index contributed by atoms with van der Waals surface area (Å²) < 4.78 is 2.17. The van der Waals surface area contributed by atoms with Crippen molar-refractivity contribution < 1.29 is 5.11 Å². The van der Waals surface area contributed by atoms with Crippen molar-refractivity contribution in [1.82, 2.24) is 14.5 Å². The summed E-state index contributed by atoms with van der Waals surface area (Å²) in [5, 5.41) is 11.5. The zero-order valence-corrected chi connectivity index (χ0v) is 13.9. The second kappa shape index (κ2) is 5.70. The van der Waals surface area contributed by atoms with E-state index < -0.39 is 0 Å². The van der Waals surface area contributed by atoms with Gasteiger partial charge in [-0.25, -0.2) is 0 Å². The zero-order valence-electron chi connectivity index (χ0n) is 13.9. The monoisotopic (exact) mass is 337 g/mol. The van der Waals surface area contributed by atoms with E-state index in [1.165, 1.54) is 0 Å². The van der Waals surface area contributed by atoms with E-state index in [0.29, 0.717) is 5.56 Å². The lowest BCUT2D eigenvalue weighted by Gasteiger charge is -2.11. The number of rotatable bonds is 2. The molecule has 0 aliphatic heterocycles. The smallest absolute Gasteiger partial charge is 0.125 e. The fraction of sp³-hybridized carbons (Fsp3) is 0. The van der Waals surface area contributed by atoms with Gasteiger partial charge in [0.25, 0.3) is 0 Å². The van der Waals surface area contributed by atoms with Gasteiger partial charge in [-0.1, -0.05) is 24.3 Å². The first kappa shape index (κ1) is 14.7. The first-order valence-corrected chi connectivity index (χ1v) is 8.42. The molecule has 0 bridgehead atoms. The molecule has 0 saturated carbocycles. The van der Waals surface area contributed by atoms with Crippen LogP contribution in [0.4, 0.5) is 0 Å². The van der Waals surface area contributed by atoms with Crippen molar-refractivity contribution in [3.8, 4) is 22.7 Å². The van der Waals surface area contributed by atoms with Gasteiger partial charge in [-0.3, -0.25) is 9.97 Å². The minimum Gasteiger partial charge on any atom is -0.507 e. The average molecular weight is 337 g/mol. The zero-order chi connectivity index (χ0) is 17.5. The van der Waals surface area contributed by atoms with Gasteiger partial charge in [0.1, 0.15) is 5.75 Å². The number of benzene rings is 2. The van der Waals surface area contributed by atoms with Crippen LogP contribution in [0.2, 0.25) is 0 Å². The molecule has 0 aliphatic rings. The number of hydrogen-bond donors (Lipinski definition) is 1. The van der Waals surface area contributed by atoms with Crippen molar-refractivity contribution in [1.29, 1.82) is 0 Å². The normalized spacial score (nSPS) is 11.2. The molecule has 1 N–H and O–H groups in total. The van der Waals surface area contributed by atoms with Crippen LogP contribution in [0, 0.1) is 0 Å². The minimum absolute atomic E-state index is 0.214. The van der Waals surface area contributed by atoms with Crippen LogP contribution < -0.4 is 0 Å². The maximum atomic E-state index is 10.4. The predicted octanol–water partition coefficient (Wildman–Crippen LogP) is 4.95. The van der Waals surface area contributed by atoms with Crippen LogP contribution in [0.5, 0.6) is 5.75 Å². The van der Waals surface area contributed by atoms with E-state index in [-0.39, 0.29) is 5.75 Å². The molecule has 0 atom stereocenters. The van der Waals surface area contributed by atoms with Crippen LogP contribution in [0.1, 0.15) is 0 Å². The molecule has 2 aromatic carbocycles. The number of aromatic hydroxyl groups is 1. The molecule has 4 nitrogen and oxygen atoms in total. The molecular weight excluding hydrogens is 322 g/mol. The van der Waals surface area contributed by atoms with Gasteiger partial charge in [-0.05, 0) is 48.5 Å². The summed E-state index contributed by atoms with van der Waals surface area (Å²) in [6.07, 6.45) is 3.54. The van der Waals surface area contributed by atoms with E-state index in [2.05, 4.69) is 32.7 Å². The highest BCUT2D eigenvalue weighted by Gasteiger charge is 2.14. The molecule has 0 aliphatic carbocycles. The van der Waals surface area contributed by atoms with Crippen LogP contribution >= 0.6 is 0 Å². The third kappa shape index (κ3) is 2.16. The summed E-state index contributed by atoms with van der Waals surface area (Å²) in [6, 6.07) is 23.5. The molecule has 0 spiro atoms. The Balaban J connectivity index is 1.84. The summed E-state index contributed by atoms with van der Waals surface area (Å²) in [5.41, 5.74) is 5.49. The van der Waals surface area contributed by atoms with E-state index >= 15 is 0 Å². The first-order chi connectivity index (χ1) is 12.8. The number of fused-ring (bicyclic) bond motifs is 3. The largest absolute Gasteiger partial charge is 0.507 e. The highest BCUT2D eigenvalue weighted by Crippen LogP contribution is 2.34. The van der Waals surface area contributed by atoms with E-state index in [9.17, 15) is 5.11 Å². The van der Waals surface area contributed by atoms with Gasteiger partial charge in [0.15, 0.2) is 0 Å². The summed E-state index contributed by atoms with van der Waals surface area (Å²) >= 11 is 0. The fourth-order valence-electron chi connectivity index (χ4n) is 3.45. The Kier molecular flexibility index (Phi) is 3.22. The molecule has 124 valence electrons. The lowest BCUT2D eigenvalue weighted by molar-refractivity contribution is 0.477. The summed E-state index contributed by atoms with van der Waals surface area (Å²) in [6.45, 7) is 0. The van der Waals surface area contributed by atoms with Crippen molar-refractivity contribution in [2.24, 2.45) is 0 Å². The SMILES string of the molecule is Oc1ccc(-n2c3ccccc3c3ncccc32)cc1-c1ccccn1. The standard InChI is InChI=1S/C22H15N3O/c26-21-11-10-15(14-17(21)18-7-3-4-12-23-18)25-19-8-2-1-6-16(19)22-20(25)9-5-13-24-22/h1-14,26H. The first-order valence-electron chi connectivity index (χ1n) is 8.42. The van der Waals surface area contributed by atoms with Crippen LogP contribution in [-0.4, -0.2) is 19.6 Å². The van der Waals surface area contributed by atoms with Gasteiger partial charge < -0.3 is 9.67 Å². The molecule has 0 unspecified atom stereocenters. The minimum atomic E-state index is 0.214. The lowest BCUT2D eigenvalue weighted by Crippen LogP contribution is -1.95. The number of nitrogens with zero attached hydrogens (tertiary/aromatic N) is 3. The number of pyridine rings is 2. The van der Waals surface area contributed by atoms with Crippen molar-refractivity contribution in [2.75, 3.05) is 0 Å². The number of hydrogen-bond acceptors (Lipinski definition) is 3. The van der Waals surface area contributed by atoms with Crippen molar-refractivity contribution in [2.45, 2.75) is 0 Å². The number of aromatic nitrogens is 3. The van der Waals surface area contributed by atoms with Crippen molar-refractivity contribution in [3.63, 3.8) is 0 Å².